The molecule has 2 heterocycles. The van der Waals surface area contributed by atoms with Crippen LogP contribution < -0.4 is 5.43 Å². The molecule has 0 fully saturated rings. The first-order valence-corrected chi connectivity index (χ1v) is 5.02. The van der Waals surface area contributed by atoms with E-state index in [0.29, 0.717) is 11.4 Å². The number of hydrogen-bond donors (Lipinski definition) is 1. The van der Waals surface area contributed by atoms with Crippen LogP contribution in [0.5, 0.6) is 0 Å². The van der Waals surface area contributed by atoms with Gasteiger partial charge < -0.3 is 0 Å². The minimum Gasteiger partial charge on any atom is -0.266 e. The van der Waals surface area contributed by atoms with E-state index in [0.717, 1.165) is 0 Å². The zero-order valence-electron chi connectivity index (χ0n) is 8.95. The lowest BCUT2D eigenvalue weighted by Crippen LogP contribution is -2.18. The second kappa shape index (κ2) is 5.50. The molecule has 0 atom stereocenters. The summed E-state index contributed by atoms with van der Waals surface area (Å²) in [6, 6.07) is 10.5. The van der Waals surface area contributed by atoms with E-state index < -0.39 is 0 Å². The van der Waals surface area contributed by atoms with Crippen LogP contribution in [0.1, 0.15) is 16.2 Å². The second-order valence-electron chi connectivity index (χ2n) is 3.17. The van der Waals surface area contributed by atoms with E-state index in [9.17, 15) is 4.79 Å². The largest absolute Gasteiger partial charge is 0.289 e. The molecule has 1 amide bonds. The number of carbonyl (C=O) groups is 1. The van der Waals surface area contributed by atoms with E-state index in [4.69, 9.17) is 0 Å². The van der Waals surface area contributed by atoms with Gasteiger partial charge in [-0.1, -0.05) is 12.1 Å². The Kier molecular flexibility index (Phi) is 3.54. The van der Waals surface area contributed by atoms with Gasteiger partial charge in [0, 0.05) is 12.4 Å². The lowest BCUT2D eigenvalue weighted by atomic mass is 10.3. The summed E-state index contributed by atoms with van der Waals surface area (Å²) in [7, 11) is 0. The maximum atomic E-state index is 11.5. The van der Waals surface area contributed by atoms with Gasteiger partial charge in [0.15, 0.2) is 0 Å². The van der Waals surface area contributed by atoms with Gasteiger partial charge in [-0.2, -0.15) is 5.10 Å². The second-order valence-corrected chi connectivity index (χ2v) is 3.17. The number of rotatable bonds is 3. The summed E-state index contributed by atoms with van der Waals surface area (Å²) in [6.07, 6.45) is 4.68. The van der Waals surface area contributed by atoms with Gasteiger partial charge in [0.05, 0.1) is 11.9 Å². The van der Waals surface area contributed by atoms with E-state index in [1.54, 1.807) is 36.7 Å². The van der Waals surface area contributed by atoms with E-state index in [1.807, 2.05) is 12.1 Å². The van der Waals surface area contributed by atoms with Crippen LogP contribution >= 0.6 is 0 Å². The van der Waals surface area contributed by atoms with Crippen LogP contribution in [0.25, 0.3) is 0 Å². The highest BCUT2D eigenvalue weighted by atomic mass is 16.2. The Morgan fingerprint density at radius 3 is 2.53 bits per heavy atom. The fraction of sp³-hybridized carbons (Fsp3) is 0. The third-order valence-electron chi connectivity index (χ3n) is 1.95. The van der Waals surface area contributed by atoms with Gasteiger partial charge in [0.1, 0.15) is 5.69 Å². The summed E-state index contributed by atoms with van der Waals surface area (Å²) in [5.41, 5.74) is 3.37. The molecule has 0 saturated heterocycles. The normalized spacial score (nSPS) is 10.4. The lowest BCUT2D eigenvalue weighted by molar-refractivity contribution is 0.0950. The van der Waals surface area contributed by atoms with Crippen molar-refractivity contribution in [2.24, 2.45) is 5.10 Å². The number of nitrogens with zero attached hydrogens (tertiary/aromatic N) is 3. The highest BCUT2D eigenvalue weighted by Crippen LogP contribution is 1.92. The number of nitrogens with one attached hydrogen (secondary N) is 1. The third kappa shape index (κ3) is 3.20. The van der Waals surface area contributed by atoms with Crippen molar-refractivity contribution in [1.82, 2.24) is 15.4 Å². The first kappa shape index (κ1) is 10.9. The molecule has 0 aromatic carbocycles. The zero-order chi connectivity index (χ0) is 11.9. The fourth-order valence-corrected chi connectivity index (χ4v) is 1.16. The van der Waals surface area contributed by atoms with Crippen molar-refractivity contribution in [3.05, 3.63) is 60.2 Å². The molecular weight excluding hydrogens is 216 g/mol. The molecule has 2 aromatic heterocycles. The first-order valence-electron chi connectivity index (χ1n) is 5.02. The molecule has 0 aliphatic carbocycles. The standard InChI is InChI=1S/C12H10N4O/c17-12(11-6-2-4-8-14-11)16-15-9-10-5-1-3-7-13-10/h1-9H,(H,16,17). The highest BCUT2D eigenvalue weighted by Gasteiger charge is 2.03. The molecule has 5 heteroatoms. The Morgan fingerprint density at radius 1 is 1.12 bits per heavy atom. The topological polar surface area (TPSA) is 67.2 Å². The molecule has 0 radical (unpaired) electrons. The van der Waals surface area contributed by atoms with Gasteiger partial charge in [-0.3, -0.25) is 14.8 Å². The molecule has 0 aliphatic rings. The van der Waals surface area contributed by atoms with E-state index in [2.05, 4.69) is 20.5 Å². The molecule has 0 aliphatic heterocycles. The van der Waals surface area contributed by atoms with Gasteiger partial charge in [-0.05, 0) is 24.3 Å². The molecule has 0 bridgehead atoms. The smallest absolute Gasteiger partial charge is 0.266 e. The summed E-state index contributed by atoms with van der Waals surface area (Å²) in [6.45, 7) is 0. The number of carbonyl (C=O) groups excluding carboxylic acids is 1. The molecule has 0 unspecified atom stereocenters. The van der Waals surface area contributed by atoms with Crippen LogP contribution in [-0.2, 0) is 0 Å². The molecule has 84 valence electrons. The van der Waals surface area contributed by atoms with Gasteiger partial charge in [0.2, 0.25) is 0 Å². The summed E-state index contributed by atoms with van der Waals surface area (Å²) in [5, 5.41) is 3.79. The maximum absolute atomic E-state index is 11.5. The Balaban J connectivity index is 1.95. The summed E-state index contributed by atoms with van der Waals surface area (Å²) >= 11 is 0. The molecule has 5 nitrogen and oxygen atoms in total. The molecule has 0 spiro atoms. The van der Waals surface area contributed by atoms with Gasteiger partial charge in [-0.15, -0.1) is 0 Å². The summed E-state index contributed by atoms with van der Waals surface area (Å²) in [5.74, 6) is -0.349. The minimum atomic E-state index is -0.349. The van der Waals surface area contributed by atoms with Crippen LogP contribution in [0.15, 0.2) is 53.9 Å². The molecule has 0 saturated carbocycles. The van der Waals surface area contributed by atoms with Crippen LogP contribution in [-0.4, -0.2) is 22.1 Å². The van der Waals surface area contributed by atoms with Crippen molar-refractivity contribution in [3.8, 4) is 0 Å². The molecule has 2 rings (SSSR count). The lowest BCUT2D eigenvalue weighted by Gasteiger charge is -1.97. The van der Waals surface area contributed by atoms with Crippen molar-refractivity contribution < 1.29 is 4.79 Å². The Labute approximate surface area is 98.2 Å². The maximum Gasteiger partial charge on any atom is 0.289 e. The van der Waals surface area contributed by atoms with Crippen LogP contribution in [0.3, 0.4) is 0 Å². The van der Waals surface area contributed by atoms with Crippen LogP contribution in [0, 0.1) is 0 Å². The number of hydrazone groups is 1. The molecule has 1 N–H and O–H groups in total. The van der Waals surface area contributed by atoms with Gasteiger partial charge in [0.25, 0.3) is 5.91 Å². The van der Waals surface area contributed by atoms with Crippen LogP contribution in [0.4, 0.5) is 0 Å². The van der Waals surface area contributed by atoms with Crippen molar-refractivity contribution in [1.29, 1.82) is 0 Å². The molecular formula is C12H10N4O. The fourth-order valence-electron chi connectivity index (χ4n) is 1.16. The van der Waals surface area contributed by atoms with Gasteiger partial charge >= 0.3 is 0 Å². The molecule has 17 heavy (non-hydrogen) atoms. The SMILES string of the molecule is O=C(NN=Cc1ccccn1)c1ccccn1. The zero-order valence-corrected chi connectivity index (χ0v) is 8.95. The average molecular weight is 226 g/mol. The number of aromatic nitrogens is 2. The number of amides is 1. The van der Waals surface area contributed by atoms with E-state index >= 15 is 0 Å². The van der Waals surface area contributed by atoms with Gasteiger partial charge in [-0.25, -0.2) is 5.43 Å². The van der Waals surface area contributed by atoms with E-state index in [-0.39, 0.29) is 5.91 Å². The van der Waals surface area contributed by atoms with Crippen molar-refractivity contribution in [2.45, 2.75) is 0 Å². The Hall–Kier alpha value is -2.56. The summed E-state index contributed by atoms with van der Waals surface area (Å²) < 4.78 is 0. The predicted molar refractivity (Wildman–Crippen MR) is 63.5 cm³/mol. The number of pyridine rings is 2. The number of hydrogen-bond acceptors (Lipinski definition) is 4. The van der Waals surface area contributed by atoms with Crippen molar-refractivity contribution in [2.75, 3.05) is 0 Å². The highest BCUT2D eigenvalue weighted by molar-refractivity contribution is 5.92. The first-order chi connectivity index (χ1) is 8.36. The van der Waals surface area contributed by atoms with Crippen LogP contribution in [0.2, 0.25) is 0 Å². The minimum absolute atomic E-state index is 0.325. The average Bonchev–Trinajstić information content (AvgIpc) is 2.41. The monoisotopic (exact) mass is 226 g/mol. The van der Waals surface area contributed by atoms with E-state index in [1.165, 1.54) is 6.21 Å². The van der Waals surface area contributed by atoms with Crippen molar-refractivity contribution >= 4 is 12.1 Å². The van der Waals surface area contributed by atoms with Crippen molar-refractivity contribution in [3.63, 3.8) is 0 Å². The quantitative estimate of drug-likeness (QED) is 0.632. The Morgan fingerprint density at radius 2 is 1.88 bits per heavy atom. The third-order valence-corrected chi connectivity index (χ3v) is 1.95. The predicted octanol–water partition coefficient (Wildman–Crippen LogP) is 1.24. The summed E-state index contributed by atoms with van der Waals surface area (Å²) in [4.78, 5) is 19.5. The molecule has 2 aromatic rings. The Bertz CT molecular complexity index is 511.